The molecule has 0 saturated carbocycles. The zero-order valence-electron chi connectivity index (χ0n) is 11.6. The molecule has 0 aliphatic carbocycles. The van der Waals surface area contributed by atoms with Gasteiger partial charge in [0.1, 0.15) is 0 Å². The highest BCUT2D eigenvalue weighted by atomic mass is 127. The van der Waals surface area contributed by atoms with Gasteiger partial charge < -0.3 is 4.74 Å². The molecule has 0 aromatic heterocycles. The van der Waals surface area contributed by atoms with Crippen LogP contribution in [-0.4, -0.2) is 16.8 Å². The number of non-ortho nitro benzene ring substituents is 1. The Morgan fingerprint density at radius 2 is 1.74 bits per heavy atom. The van der Waals surface area contributed by atoms with Crippen LogP contribution in [0.4, 0.5) is 5.69 Å². The minimum atomic E-state index is -0.545. The SMILES string of the molecule is O=C1OC(c2ccc(I)cc2)=N/C1=C\c1ccc([N+](=O)[O-])cc1. The highest BCUT2D eigenvalue weighted by Gasteiger charge is 2.24. The summed E-state index contributed by atoms with van der Waals surface area (Å²) >= 11 is 2.18. The maximum Gasteiger partial charge on any atom is 0.363 e. The number of cyclic esters (lactones) is 1. The molecule has 1 heterocycles. The van der Waals surface area contributed by atoms with Crippen LogP contribution in [0.15, 0.2) is 59.2 Å². The zero-order chi connectivity index (χ0) is 16.4. The molecule has 114 valence electrons. The van der Waals surface area contributed by atoms with Crippen LogP contribution in [-0.2, 0) is 9.53 Å². The molecule has 0 atom stereocenters. The lowest BCUT2D eigenvalue weighted by Crippen LogP contribution is -2.05. The van der Waals surface area contributed by atoms with Crippen molar-refractivity contribution in [1.29, 1.82) is 0 Å². The number of carbonyl (C=O) groups is 1. The molecule has 0 fully saturated rings. The first kappa shape index (κ1) is 15.3. The molecule has 6 nitrogen and oxygen atoms in total. The van der Waals surface area contributed by atoms with Crippen molar-refractivity contribution in [2.45, 2.75) is 0 Å². The topological polar surface area (TPSA) is 81.8 Å². The molecule has 1 aliphatic rings. The van der Waals surface area contributed by atoms with Crippen LogP contribution in [0.5, 0.6) is 0 Å². The number of benzene rings is 2. The number of aliphatic imine (C=N–C) groups is 1. The molecule has 0 bridgehead atoms. The van der Waals surface area contributed by atoms with Crippen molar-refractivity contribution in [2.24, 2.45) is 4.99 Å². The van der Waals surface area contributed by atoms with Gasteiger partial charge in [-0.25, -0.2) is 9.79 Å². The van der Waals surface area contributed by atoms with Crippen LogP contribution >= 0.6 is 22.6 Å². The summed E-state index contributed by atoms with van der Waals surface area (Å²) in [4.78, 5) is 26.2. The van der Waals surface area contributed by atoms with Crippen molar-refractivity contribution in [1.82, 2.24) is 0 Å². The van der Waals surface area contributed by atoms with Crippen LogP contribution in [0.3, 0.4) is 0 Å². The number of hydrogen-bond donors (Lipinski definition) is 0. The molecular formula is C16H9IN2O4. The zero-order valence-corrected chi connectivity index (χ0v) is 13.8. The molecule has 2 aromatic rings. The van der Waals surface area contributed by atoms with Gasteiger partial charge in [-0.2, -0.15) is 0 Å². The fourth-order valence-corrected chi connectivity index (χ4v) is 2.33. The van der Waals surface area contributed by atoms with Crippen molar-refractivity contribution < 1.29 is 14.5 Å². The minimum absolute atomic E-state index is 0.00997. The van der Waals surface area contributed by atoms with Crippen LogP contribution in [0.2, 0.25) is 0 Å². The molecule has 3 rings (SSSR count). The van der Waals surface area contributed by atoms with E-state index in [1.54, 1.807) is 12.1 Å². The number of rotatable bonds is 3. The van der Waals surface area contributed by atoms with Gasteiger partial charge in [-0.05, 0) is 70.6 Å². The number of esters is 1. The van der Waals surface area contributed by atoms with E-state index in [0.29, 0.717) is 11.1 Å². The highest BCUT2D eigenvalue weighted by molar-refractivity contribution is 14.1. The second-order valence-corrected chi connectivity index (χ2v) is 5.94. The van der Waals surface area contributed by atoms with Gasteiger partial charge in [0.05, 0.1) is 4.92 Å². The Labute approximate surface area is 144 Å². The summed E-state index contributed by atoms with van der Waals surface area (Å²) in [7, 11) is 0. The number of hydrogen-bond acceptors (Lipinski definition) is 5. The Bertz CT molecular complexity index is 839. The fraction of sp³-hybridized carbons (Fsp3) is 0. The Kier molecular flexibility index (Phi) is 4.20. The summed E-state index contributed by atoms with van der Waals surface area (Å²) in [5, 5.41) is 10.6. The van der Waals surface area contributed by atoms with Crippen molar-refractivity contribution in [2.75, 3.05) is 0 Å². The molecule has 0 spiro atoms. The summed E-state index contributed by atoms with van der Waals surface area (Å²) in [6, 6.07) is 13.3. The molecule has 0 N–H and O–H groups in total. The first-order valence-corrected chi connectivity index (χ1v) is 7.64. The maximum absolute atomic E-state index is 11.9. The van der Waals surface area contributed by atoms with Crippen molar-refractivity contribution in [3.05, 3.63) is 79.0 Å². The van der Waals surface area contributed by atoms with Gasteiger partial charge in [0, 0.05) is 21.3 Å². The lowest BCUT2D eigenvalue weighted by molar-refractivity contribution is -0.384. The monoisotopic (exact) mass is 420 g/mol. The number of nitro benzene ring substituents is 1. The van der Waals surface area contributed by atoms with Crippen molar-refractivity contribution in [3.63, 3.8) is 0 Å². The van der Waals surface area contributed by atoms with Gasteiger partial charge in [-0.15, -0.1) is 0 Å². The lowest BCUT2D eigenvalue weighted by Gasteiger charge is -1.98. The maximum atomic E-state index is 11.9. The standard InChI is InChI=1S/C16H9IN2O4/c17-12-5-3-11(4-6-12)15-18-14(16(20)23-15)9-10-1-7-13(8-2-10)19(21)22/h1-9H/b14-9-. The normalized spacial score (nSPS) is 15.4. The molecular weight excluding hydrogens is 411 g/mol. The Morgan fingerprint density at radius 1 is 1.09 bits per heavy atom. The average molecular weight is 420 g/mol. The van der Waals surface area contributed by atoms with Gasteiger partial charge in [0.25, 0.3) is 5.69 Å². The van der Waals surface area contributed by atoms with Crippen LogP contribution < -0.4 is 0 Å². The van der Waals surface area contributed by atoms with E-state index in [1.807, 2.05) is 24.3 Å². The second-order valence-electron chi connectivity index (χ2n) is 4.69. The van der Waals surface area contributed by atoms with E-state index < -0.39 is 10.9 Å². The van der Waals surface area contributed by atoms with E-state index in [0.717, 1.165) is 3.57 Å². The Hall–Kier alpha value is -2.55. The molecule has 7 heteroatoms. The smallest absolute Gasteiger partial charge is 0.363 e. The summed E-state index contributed by atoms with van der Waals surface area (Å²) < 4.78 is 6.23. The van der Waals surface area contributed by atoms with E-state index in [9.17, 15) is 14.9 Å². The predicted octanol–water partition coefficient (Wildman–Crippen LogP) is 3.54. The van der Waals surface area contributed by atoms with Gasteiger partial charge in [-0.1, -0.05) is 0 Å². The second kappa shape index (κ2) is 6.29. The summed E-state index contributed by atoms with van der Waals surface area (Å²) in [6.45, 7) is 0. The third-order valence-electron chi connectivity index (χ3n) is 3.12. The first-order valence-electron chi connectivity index (χ1n) is 6.56. The van der Waals surface area contributed by atoms with Crippen LogP contribution in [0.25, 0.3) is 6.08 Å². The quantitative estimate of drug-likeness (QED) is 0.250. The van der Waals surface area contributed by atoms with Gasteiger partial charge in [0.2, 0.25) is 5.90 Å². The summed E-state index contributed by atoms with van der Waals surface area (Å²) in [5.41, 5.74) is 1.50. The average Bonchev–Trinajstić information content (AvgIpc) is 2.89. The summed E-state index contributed by atoms with van der Waals surface area (Å²) in [6.07, 6.45) is 1.53. The lowest BCUT2D eigenvalue weighted by atomic mass is 10.2. The van der Waals surface area contributed by atoms with E-state index in [-0.39, 0.29) is 17.3 Å². The van der Waals surface area contributed by atoms with E-state index in [4.69, 9.17) is 4.74 Å². The van der Waals surface area contributed by atoms with Crippen LogP contribution in [0, 0.1) is 13.7 Å². The van der Waals surface area contributed by atoms with E-state index in [2.05, 4.69) is 27.6 Å². The molecule has 2 aromatic carbocycles. The van der Waals surface area contributed by atoms with E-state index >= 15 is 0 Å². The molecule has 23 heavy (non-hydrogen) atoms. The van der Waals surface area contributed by atoms with Crippen molar-refractivity contribution >= 4 is 46.2 Å². The highest BCUT2D eigenvalue weighted by Crippen LogP contribution is 2.21. The molecule has 1 aliphatic heterocycles. The van der Waals surface area contributed by atoms with E-state index in [1.165, 1.54) is 18.2 Å². The number of halogens is 1. The third-order valence-corrected chi connectivity index (χ3v) is 3.84. The fourth-order valence-electron chi connectivity index (χ4n) is 1.98. The summed E-state index contributed by atoms with van der Waals surface area (Å²) in [5.74, 6) is -0.295. The Morgan fingerprint density at radius 3 is 2.35 bits per heavy atom. The van der Waals surface area contributed by atoms with Gasteiger partial charge >= 0.3 is 5.97 Å². The number of ether oxygens (including phenoxy) is 1. The molecule has 0 unspecified atom stereocenters. The number of nitrogens with zero attached hydrogens (tertiary/aromatic N) is 2. The minimum Gasteiger partial charge on any atom is -0.402 e. The molecule has 0 amide bonds. The third kappa shape index (κ3) is 3.45. The predicted molar refractivity (Wildman–Crippen MR) is 92.9 cm³/mol. The largest absolute Gasteiger partial charge is 0.402 e. The van der Waals surface area contributed by atoms with Gasteiger partial charge in [-0.3, -0.25) is 10.1 Å². The molecule has 0 saturated heterocycles. The number of carbonyl (C=O) groups excluding carboxylic acids is 1. The number of nitro groups is 1. The first-order chi connectivity index (χ1) is 11.0. The van der Waals surface area contributed by atoms with Crippen LogP contribution in [0.1, 0.15) is 11.1 Å². The van der Waals surface area contributed by atoms with Gasteiger partial charge in [0.15, 0.2) is 5.70 Å². The molecule has 0 radical (unpaired) electrons. The Balaban J connectivity index is 1.88. The van der Waals surface area contributed by atoms with Crippen molar-refractivity contribution in [3.8, 4) is 0 Å².